The Morgan fingerprint density at radius 3 is 2.37 bits per heavy atom. The molecule has 0 spiro atoms. The van der Waals surface area contributed by atoms with Crippen molar-refractivity contribution in [3.63, 3.8) is 0 Å². The van der Waals surface area contributed by atoms with Gasteiger partial charge in [-0.3, -0.25) is 10.6 Å². The number of nitrogens with one attached hydrogen (secondary N) is 1. The summed E-state index contributed by atoms with van der Waals surface area (Å²) in [5.74, 6) is 2.57. The first-order valence-electron chi connectivity index (χ1n) is 5.90. The summed E-state index contributed by atoms with van der Waals surface area (Å²) < 4.78 is 27.0. The lowest BCUT2D eigenvalue weighted by molar-refractivity contribution is 0.0721. The van der Waals surface area contributed by atoms with Crippen LogP contribution < -0.4 is 11.3 Å². The second kappa shape index (κ2) is 7.01. The van der Waals surface area contributed by atoms with E-state index in [0.29, 0.717) is 13.0 Å². The Morgan fingerprint density at radius 1 is 1.37 bits per heavy atom. The lowest BCUT2D eigenvalue weighted by atomic mass is 10.1. The molecule has 0 aliphatic carbocycles. The number of nitrogen functional groups attached to an aromatic ring is 1. The number of anilines is 1. The van der Waals surface area contributed by atoms with Gasteiger partial charge >= 0.3 is 0 Å². The van der Waals surface area contributed by atoms with Gasteiger partial charge in [0.1, 0.15) is 5.69 Å². The van der Waals surface area contributed by atoms with E-state index in [-0.39, 0.29) is 18.7 Å². The molecule has 0 unspecified atom stereocenters. The van der Waals surface area contributed by atoms with Crippen LogP contribution in [0.4, 0.5) is 14.5 Å². The van der Waals surface area contributed by atoms with Gasteiger partial charge in [0, 0.05) is 18.7 Å². The summed E-state index contributed by atoms with van der Waals surface area (Å²) in [6.45, 7) is 2.17. The summed E-state index contributed by atoms with van der Waals surface area (Å²) in [4.78, 5) is 13.4. The molecule has 0 heterocycles. The summed E-state index contributed by atoms with van der Waals surface area (Å²) in [6.07, 6.45) is 0.680. The van der Waals surface area contributed by atoms with E-state index in [0.717, 1.165) is 12.1 Å². The molecule has 1 aromatic carbocycles. The number of rotatable bonds is 6. The molecule has 0 aliphatic heterocycles. The fourth-order valence-electron chi connectivity index (χ4n) is 1.72. The SMILES string of the molecule is CCCN(CCO)C(=O)c1cc(F)c(NN)c(F)c1. The maximum Gasteiger partial charge on any atom is 0.254 e. The van der Waals surface area contributed by atoms with Crippen LogP contribution in [0.3, 0.4) is 0 Å². The average Bonchev–Trinajstić information content (AvgIpc) is 2.37. The highest BCUT2D eigenvalue weighted by atomic mass is 19.1. The van der Waals surface area contributed by atoms with Crippen molar-refractivity contribution in [3.05, 3.63) is 29.3 Å². The fourth-order valence-corrected chi connectivity index (χ4v) is 1.72. The van der Waals surface area contributed by atoms with Crippen molar-refractivity contribution in [2.45, 2.75) is 13.3 Å². The topological polar surface area (TPSA) is 78.6 Å². The smallest absolute Gasteiger partial charge is 0.254 e. The van der Waals surface area contributed by atoms with E-state index in [4.69, 9.17) is 10.9 Å². The molecular weight excluding hydrogens is 256 g/mol. The van der Waals surface area contributed by atoms with Crippen LogP contribution in [-0.2, 0) is 0 Å². The molecule has 0 aromatic heterocycles. The van der Waals surface area contributed by atoms with Crippen molar-refractivity contribution in [3.8, 4) is 0 Å². The molecule has 0 radical (unpaired) electrons. The molecular formula is C12H17F2N3O2. The standard InChI is InChI=1S/C12H17F2N3O2/c1-2-3-17(4-5-18)12(19)8-6-9(13)11(16-15)10(14)7-8/h6-7,16,18H,2-5,15H2,1H3. The molecule has 1 amide bonds. The Hall–Kier alpha value is -1.73. The summed E-state index contributed by atoms with van der Waals surface area (Å²) in [7, 11) is 0. The largest absolute Gasteiger partial charge is 0.395 e. The molecule has 1 rings (SSSR count). The zero-order chi connectivity index (χ0) is 14.4. The molecule has 1 aromatic rings. The normalized spacial score (nSPS) is 10.4. The van der Waals surface area contributed by atoms with E-state index in [2.05, 4.69) is 0 Å². The number of hydrogen-bond acceptors (Lipinski definition) is 4. The van der Waals surface area contributed by atoms with Gasteiger partial charge in [-0.05, 0) is 18.6 Å². The zero-order valence-corrected chi connectivity index (χ0v) is 10.6. The number of carbonyl (C=O) groups is 1. The highest BCUT2D eigenvalue weighted by molar-refractivity contribution is 5.94. The molecule has 4 N–H and O–H groups in total. The molecule has 106 valence electrons. The lowest BCUT2D eigenvalue weighted by Crippen LogP contribution is -2.34. The Balaban J connectivity index is 3.04. The molecule has 0 saturated carbocycles. The van der Waals surface area contributed by atoms with Crippen LogP contribution in [0.1, 0.15) is 23.7 Å². The number of halogens is 2. The van der Waals surface area contributed by atoms with E-state index in [9.17, 15) is 13.6 Å². The van der Waals surface area contributed by atoms with Crippen LogP contribution in [0, 0.1) is 11.6 Å². The molecule has 5 nitrogen and oxygen atoms in total. The Kier molecular flexibility index (Phi) is 5.65. The summed E-state index contributed by atoms with van der Waals surface area (Å²) in [5, 5.41) is 8.88. The first-order valence-corrected chi connectivity index (χ1v) is 5.90. The summed E-state index contributed by atoms with van der Waals surface area (Å²) >= 11 is 0. The Labute approximate surface area is 110 Å². The van der Waals surface area contributed by atoms with E-state index >= 15 is 0 Å². The number of aliphatic hydroxyl groups excluding tert-OH is 1. The maximum absolute atomic E-state index is 13.5. The number of hydrazine groups is 1. The van der Waals surface area contributed by atoms with Gasteiger partial charge in [0.15, 0.2) is 11.6 Å². The highest BCUT2D eigenvalue weighted by Gasteiger charge is 2.19. The monoisotopic (exact) mass is 273 g/mol. The third kappa shape index (κ3) is 3.62. The average molecular weight is 273 g/mol. The van der Waals surface area contributed by atoms with E-state index in [1.54, 1.807) is 0 Å². The van der Waals surface area contributed by atoms with Crippen LogP contribution in [-0.4, -0.2) is 35.6 Å². The molecule has 0 saturated heterocycles. The predicted molar refractivity (Wildman–Crippen MR) is 67.4 cm³/mol. The van der Waals surface area contributed by atoms with Crippen LogP contribution >= 0.6 is 0 Å². The molecule has 0 bridgehead atoms. The van der Waals surface area contributed by atoms with E-state index < -0.39 is 23.2 Å². The summed E-state index contributed by atoms with van der Waals surface area (Å²) in [6, 6.07) is 1.83. The van der Waals surface area contributed by atoms with Gasteiger partial charge in [0.2, 0.25) is 0 Å². The second-order valence-corrected chi connectivity index (χ2v) is 3.98. The molecule has 0 fully saturated rings. The third-order valence-corrected chi connectivity index (χ3v) is 2.58. The van der Waals surface area contributed by atoms with Gasteiger partial charge in [-0.25, -0.2) is 8.78 Å². The maximum atomic E-state index is 13.5. The van der Waals surface area contributed by atoms with Crippen molar-refractivity contribution < 1.29 is 18.7 Å². The zero-order valence-electron chi connectivity index (χ0n) is 10.6. The van der Waals surface area contributed by atoms with Gasteiger partial charge < -0.3 is 15.4 Å². The van der Waals surface area contributed by atoms with Gasteiger partial charge in [-0.2, -0.15) is 0 Å². The van der Waals surface area contributed by atoms with Crippen molar-refractivity contribution in [2.24, 2.45) is 5.84 Å². The van der Waals surface area contributed by atoms with Gasteiger partial charge in [0.05, 0.1) is 6.61 Å². The lowest BCUT2D eigenvalue weighted by Gasteiger charge is -2.21. The van der Waals surface area contributed by atoms with Crippen LogP contribution in [0.15, 0.2) is 12.1 Å². The highest BCUT2D eigenvalue weighted by Crippen LogP contribution is 2.20. The number of nitrogens with zero attached hydrogens (tertiary/aromatic N) is 1. The first-order chi connectivity index (χ1) is 9.04. The molecule has 7 heteroatoms. The minimum absolute atomic E-state index is 0.115. The number of nitrogens with two attached hydrogens (primary N) is 1. The molecule has 0 atom stereocenters. The van der Waals surface area contributed by atoms with Gasteiger partial charge in [-0.15, -0.1) is 0 Å². The number of amides is 1. The summed E-state index contributed by atoms with van der Waals surface area (Å²) in [5.41, 5.74) is 1.29. The van der Waals surface area contributed by atoms with E-state index in [1.807, 2.05) is 12.3 Å². The molecule has 0 aliphatic rings. The second-order valence-electron chi connectivity index (χ2n) is 3.98. The van der Waals surface area contributed by atoms with Gasteiger partial charge in [0.25, 0.3) is 5.91 Å². The van der Waals surface area contributed by atoms with Crippen LogP contribution in [0.2, 0.25) is 0 Å². The fraction of sp³-hybridized carbons (Fsp3) is 0.417. The first kappa shape index (κ1) is 15.3. The van der Waals surface area contributed by atoms with Crippen LogP contribution in [0.25, 0.3) is 0 Å². The van der Waals surface area contributed by atoms with Crippen molar-refractivity contribution >= 4 is 11.6 Å². The van der Waals surface area contributed by atoms with Gasteiger partial charge in [-0.1, -0.05) is 6.92 Å². The predicted octanol–water partition coefficient (Wildman–Crippen LogP) is 1.09. The number of benzene rings is 1. The van der Waals surface area contributed by atoms with Crippen molar-refractivity contribution in [2.75, 3.05) is 25.1 Å². The number of hydrogen-bond donors (Lipinski definition) is 3. The van der Waals surface area contributed by atoms with Crippen LogP contribution in [0.5, 0.6) is 0 Å². The minimum atomic E-state index is -0.939. The minimum Gasteiger partial charge on any atom is -0.395 e. The Morgan fingerprint density at radius 2 is 1.95 bits per heavy atom. The van der Waals surface area contributed by atoms with E-state index in [1.165, 1.54) is 4.90 Å². The number of carbonyl (C=O) groups excluding carboxylic acids is 1. The van der Waals surface area contributed by atoms with Crippen molar-refractivity contribution in [1.29, 1.82) is 0 Å². The number of aliphatic hydroxyl groups is 1. The van der Waals surface area contributed by atoms with Crippen molar-refractivity contribution in [1.82, 2.24) is 4.90 Å². The Bertz CT molecular complexity index is 426. The quantitative estimate of drug-likeness (QED) is 0.535. The molecule has 19 heavy (non-hydrogen) atoms. The third-order valence-electron chi connectivity index (χ3n) is 2.58.